The second-order valence-corrected chi connectivity index (χ2v) is 4.40. The van der Waals surface area contributed by atoms with Crippen LogP contribution in [0.2, 0.25) is 0 Å². The molecule has 2 aliphatic heterocycles. The summed E-state index contributed by atoms with van der Waals surface area (Å²) < 4.78 is 35.3. The summed E-state index contributed by atoms with van der Waals surface area (Å²) in [6.07, 6.45) is -1.55. The van der Waals surface area contributed by atoms with Gasteiger partial charge in [-0.3, -0.25) is 9.05 Å². The number of carbonyl (C=O) groups is 1. The Bertz CT molecular complexity index is 317. The number of hydrogen-bond acceptors (Lipinski definition) is 7. The number of hydrogen-bond donors (Lipinski definition) is 0. The molecule has 84 valence electrons. The molecule has 2 fully saturated rings. The third-order valence-electron chi connectivity index (χ3n) is 1.76. The van der Waals surface area contributed by atoms with E-state index in [9.17, 15) is 9.36 Å². The van der Waals surface area contributed by atoms with Gasteiger partial charge in [-0.1, -0.05) is 6.58 Å². The minimum Gasteiger partial charge on any atom is -0.420 e. The smallest absolute Gasteiger partial charge is 0.420 e. The van der Waals surface area contributed by atoms with Crippen LogP contribution in [0.3, 0.4) is 0 Å². The highest BCUT2D eigenvalue weighted by atomic mass is 31.2. The molecule has 7 nitrogen and oxygen atoms in total. The van der Waals surface area contributed by atoms with Crippen LogP contribution in [0.1, 0.15) is 0 Å². The lowest BCUT2D eigenvalue weighted by Gasteiger charge is -2.15. The molecule has 2 saturated heterocycles. The Hall–Kier alpha value is -0.880. The number of phosphoric ester groups is 1. The maximum absolute atomic E-state index is 11.6. The van der Waals surface area contributed by atoms with Crippen LogP contribution in [0.15, 0.2) is 12.7 Å². The molecular weight excluding hydrogens is 227 g/mol. The van der Waals surface area contributed by atoms with Crippen LogP contribution in [0, 0.1) is 0 Å². The third-order valence-corrected chi connectivity index (χ3v) is 3.22. The van der Waals surface area contributed by atoms with Crippen molar-refractivity contribution in [2.75, 3.05) is 13.2 Å². The van der Waals surface area contributed by atoms with Crippen molar-refractivity contribution in [3.63, 3.8) is 0 Å². The highest BCUT2D eigenvalue weighted by Gasteiger charge is 2.44. The molecule has 0 N–H and O–H groups in total. The number of phosphoric acid groups is 1. The van der Waals surface area contributed by atoms with Crippen LogP contribution in [-0.2, 0) is 27.6 Å². The molecule has 0 aromatic carbocycles. The van der Waals surface area contributed by atoms with Crippen LogP contribution in [0.4, 0.5) is 4.79 Å². The molecule has 0 aromatic rings. The molecule has 2 aliphatic rings. The topological polar surface area (TPSA) is 80.3 Å². The van der Waals surface area contributed by atoms with Crippen molar-refractivity contribution in [3.05, 3.63) is 12.7 Å². The van der Waals surface area contributed by atoms with Gasteiger partial charge in [-0.2, -0.15) is 0 Å². The molecule has 0 saturated carbocycles. The number of rotatable bonds is 3. The summed E-state index contributed by atoms with van der Waals surface area (Å²) >= 11 is 0. The van der Waals surface area contributed by atoms with Gasteiger partial charge in [-0.15, -0.1) is 0 Å². The van der Waals surface area contributed by atoms with E-state index in [1.807, 2.05) is 0 Å². The van der Waals surface area contributed by atoms with E-state index in [0.29, 0.717) is 0 Å². The van der Waals surface area contributed by atoms with Gasteiger partial charge in [0.25, 0.3) is 6.29 Å². The Morgan fingerprint density at radius 3 is 2.67 bits per heavy atom. The van der Waals surface area contributed by atoms with Gasteiger partial charge >= 0.3 is 14.0 Å². The lowest BCUT2D eigenvalue weighted by molar-refractivity contribution is -0.0298. The molecule has 0 spiro atoms. The molecule has 2 atom stereocenters. The fourth-order valence-electron chi connectivity index (χ4n) is 1.12. The fourth-order valence-corrected chi connectivity index (χ4v) is 2.33. The van der Waals surface area contributed by atoms with E-state index in [4.69, 9.17) is 13.6 Å². The average Bonchev–Trinajstić information content (AvgIpc) is 2.73. The Labute approximate surface area is 85.5 Å². The zero-order valence-corrected chi connectivity index (χ0v) is 8.55. The highest BCUT2D eigenvalue weighted by molar-refractivity contribution is 7.48. The molecule has 0 bridgehead atoms. The van der Waals surface area contributed by atoms with E-state index < -0.39 is 26.4 Å². The molecule has 0 amide bonds. The second-order valence-electron chi connectivity index (χ2n) is 2.77. The summed E-state index contributed by atoms with van der Waals surface area (Å²) in [6.45, 7) is 3.77. The Morgan fingerprint density at radius 1 is 1.40 bits per heavy atom. The van der Waals surface area contributed by atoms with E-state index in [1.165, 1.54) is 6.08 Å². The molecule has 8 heteroatoms. The first kappa shape index (κ1) is 10.6. The summed E-state index contributed by atoms with van der Waals surface area (Å²) in [5, 5.41) is 0. The van der Waals surface area contributed by atoms with Crippen LogP contribution in [-0.4, -0.2) is 31.8 Å². The summed E-state index contributed by atoms with van der Waals surface area (Å²) in [7, 11) is -3.60. The number of cyclic esters (lactones) is 2. The van der Waals surface area contributed by atoms with Crippen LogP contribution in [0.5, 0.6) is 0 Å². The van der Waals surface area contributed by atoms with E-state index in [0.717, 1.165) is 0 Å². The number of carbonyl (C=O) groups excluding carboxylic acids is 1. The second kappa shape index (κ2) is 3.94. The third kappa shape index (κ3) is 2.21. The van der Waals surface area contributed by atoms with E-state index in [1.54, 1.807) is 0 Å². The Balaban J connectivity index is 2.01. The van der Waals surface area contributed by atoms with Gasteiger partial charge in [-0.25, -0.2) is 13.9 Å². The van der Waals surface area contributed by atoms with Crippen molar-refractivity contribution in [3.8, 4) is 0 Å². The Morgan fingerprint density at radius 2 is 2.07 bits per heavy atom. The molecule has 2 rings (SSSR count). The van der Waals surface area contributed by atoms with Crippen molar-refractivity contribution < 1.29 is 32.4 Å². The van der Waals surface area contributed by atoms with E-state index >= 15 is 0 Å². The van der Waals surface area contributed by atoms with Crippen molar-refractivity contribution in [1.82, 2.24) is 0 Å². The predicted octanol–water partition coefficient (Wildman–Crippen LogP) is 1.21. The lowest BCUT2D eigenvalue weighted by atomic mass is 10.3. The van der Waals surface area contributed by atoms with Gasteiger partial charge in [0.15, 0.2) is 6.10 Å². The van der Waals surface area contributed by atoms with Crippen molar-refractivity contribution in [1.29, 1.82) is 0 Å². The molecular formula is C7H9O7P. The van der Waals surface area contributed by atoms with Crippen LogP contribution in [0.25, 0.3) is 0 Å². The Kier molecular flexibility index (Phi) is 2.79. The van der Waals surface area contributed by atoms with E-state index in [2.05, 4.69) is 16.1 Å². The van der Waals surface area contributed by atoms with Crippen molar-refractivity contribution >= 4 is 14.0 Å². The number of ether oxygens (including phenoxy) is 2. The molecule has 0 aliphatic carbocycles. The monoisotopic (exact) mass is 236 g/mol. The summed E-state index contributed by atoms with van der Waals surface area (Å²) in [6, 6.07) is 0. The van der Waals surface area contributed by atoms with E-state index in [-0.39, 0.29) is 13.2 Å². The van der Waals surface area contributed by atoms with Crippen molar-refractivity contribution in [2.45, 2.75) is 12.4 Å². The zero-order chi connectivity index (χ0) is 10.9. The SMILES string of the molecule is C=CC1OC(=O)OC1OP1(=O)OCCO1. The first-order valence-electron chi connectivity index (χ1n) is 4.20. The largest absolute Gasteiger partial charge is 0.511 e. The minimum atomic E-state index is -3.60. The quantitative estimate of drug-likeness (QED) is 0.413. The highest BCUT2D eigenvalue weighted by Crippen LogP contribution is 2.54. The standard InChI is InChI=1S/C7H9O7P/c1-2-5-6(13-7(8)12-5)14-15(9)10-3-4-11-15/h2,5-6H,1,3-4H2. The predicted molar refractivity (Wildman–Crippen MR) is 45.9 cm³/mol. The molecule has 15 heavy (non-hydrogen) atoms. The van der Waals surface area contributed by atoms with Gasteiger partial charge in [0.05, 0.1) is 13.2 Å². The van der Waals surface area contributed by atoms with Crippen molar-refractivity contribution in [2.24, 2.45) is 0 Å². The first-order valence-corrected chi connectivity index (χ1v) is 5.66. The lowest BCUT2D eigenvalue weighted by Crippen LogP contribution is -2.22. The molecule has 2 heterocycles. The normalized spacial score (nSPS) is 33.5. The zero-order valence-electron chi connectivity index (χ0n) is 7.66. The maximum atomic E-state index is 11.6. The van der Waals surface area contributed by atoms with Gasteiger partial charge in [0.2, 0.25) is 0 Å². The maximum Gasteiger partial charge on any atom is 0.511 e. The minimum absolute atomic E-state index is 0.178. The van der Waals surface area contributed by atoms with Gasteiger partial charge in [0, 0.05) is 0 Å². The fraction of sp³-hybridized carbons (Fsp3) is 0.571. The molecule has 2 unspecified atom stereocenters. The van der Waals surface area contributed by atoms with Gasteiger partial charge in [0.1, 0.15) is 0 Å². The van der Waals surface area contributed by atoms with Gasteiger partial charge in [-0.05, 0) is 6.08 Å². The summed E-state index contributed by atoms with van der Waals surface area (Å²) in [5.41, 5.74) is 0. The average molecular weight is 236 g/mol. The molecule has 0 aromatic heterocycles. The summed E-state index contributed by atoms with van der Waals surface area (Å²) in [5.74, 6) is 0. The first-order chi connectivity index (χ1) is 7.13. The summed E-state index contributed by atoms with van der Waals surface area (Å²) in [4.78, 5) is 10.8. The van der Waals surface area contributed by atoms with Crippen LogP contribution >= 0.6 is 7.82 Å². The van der Waals surface area contributed by atoms with Crippen LogP contribution < -0.4 is 0 Å². The van der Waals surface area contributed by atoms with Gasteiger partial charge < -0.3 is 9.47 Å². The molecule has 0 radical (unpaired) electrons.